The number of nitrogens with one attached hydrogen (secondary N) is 1. The third-order valence-electron chi connectivity index (χ3n) is 5.42. The first-order valence-electron chi connectivity index (χ1n) is 10.8. The number of H-pyrrole nitrogens is 1. The van der Waals surface area contributed by atoms with Gasteiger partial charge in [-0.05, 0) is 48.7 Å². The monoisotopic (exact) mass is 515 g/mol. The van der Waals surface area contributed by atoms with Gasteiger partial charge >= 0.3 is 5.92 Å². The number of pyridine rings is 1. The van der Waals surface area contributed by atoms with Crippen LogP contribution in [0.2, 0.25) is 5.02 Å². The average Bonchev–Trinajstić information content (AvgIpc) is 2.81. The minimum absolute atomic E-state index is 0.0686. The number of halogens is 3. The number of aryl methyl sites for hydroxylation is 1. The number of alkyl halides is 2. The van der Waals surface area contributed by atoms with Crippen LogP contribution in [0.15, 0.2) is 52.3 Å². The Hall–Kier alpha value is -3.97. The largest absolute Gasteiger partial charge is 0.449 e. The maximum absolute atomic E-state index is 15.0. The second-order valence-corrected chi connectivity index (χ2v) is 8.77. The summed E-state index contributed by atoms with van der Waals surface area (Å²) in [4.78, 5) is 34.1. The molecule has 0 unspecified atom stereocenters. The van der Waals surface area contributed by atoms with E-state index in [4.69, 9.17) is 16.3 Å². The Morgan fingerprint density at radius 3 is 2.58 bits per heavy atom. The van der Waals surface area contributed by atoms with E-state index in [9.17, 15) is 23.6 Å². The van der Waals surface area contributed by atoms with Gasteiger partial charge in [0.1, 0.15) is 11.4 Å². The van der Waals surface area contributed by atoms with Gasteiger partial charge in [0.15, 0.2) is 5.69 Å². The Morgan fingerprint density at radius 1 is 1.31 bits per heavy atom. The van der Waals surface area contributed by atoms with Gasteiger partial charge in [-0.25, -0.2) is 4.98 Å². The highest BCUT2D eigenvalue weighted by Gasteiger charge is 2.39. The molecule has 11 heteroatoms. The zero-order valence-electron chi connectivity index (χ0n) is 20.2. The van der Waals surface area contributed by atoms with E-state index in [0.29, 0.717) is 23.4 Å². The van der Waals surface area contributed by atoms with Gasteiger partial charge in [-0.1, -0.05) is 25.1 Å². The van der Waals surface area contributed by atoms with Gasteiger partial charge in [-0.2, -0.15) is 14.0 Å². The van der Waals surface area contributed by atoms with Gasteiger partial charge in [0, 0.05) is 24.8 Å². The van der Waals surface area contributed by atoms with Gasteiger partial charge in [0.05, 0.1) is 24.5 Å². The summed E-state index contributed by atoms with van der Waals surface area (Å²) in [6, 6.07) is 7.45. The van der Waals surface area contributed by atoms with Crippen LogP contribution in [0, 0.1) is 11.3 Å². The molecule has 0 atom stereocenters. The lowest BCUT2D eigenvalue weighted by Crippen LogP contribution is -2.29. The van der Waals surface area contributed by atoms with Crippen molar-refractivity contribution >= 4 is 17.3 Å². The lowest BCUT2D eigenvalue weighted by atomic mass is 10.1. The van der Waals surface area contributed by atoms with Crippen LogP contribution in [0.1, 0.15) is 36.4 Å². The Balaban J connectivity index is 2.20. The SMILES string of the molecule is C=C(C)C(F)(F)c1ncn(Cc2cc(N(C)C)c(=O)[nH]c2CC)c(=O)c1Oc1cc(Cl)cc(C#N)c1. The number of benzene rings is 1. The van der Waals surface area contributed by atoms with E-state index in [-0.39, 0.29) is 28.4 Å². The molecule has 0 aliphatic heterocycles. The van der Waals surface area contributed by atoms with Crippen LogP contribution in [-0.2, 0) is 18.9 Å². The third kappa shape index (κ3) is 5.31. The maximum atomic E-state index is 15.0. The summed E-state index contributed by atoms with van der Waals surface area (Å²) in [5, 5.41) is 9.32. The number of hydrogen-bond donors (Lipinski definition) is 1. The molecule has 36 heavy (non-hydrogen) atoms. The van der Waals surface area contributed by atoms with Crippen molar-refractivity contribution in [2.45, 2.75) is 32.7 Å². The first kappa shape index (κ1) is 26.6. The molecule has 0 saturated carbocycles. The number of aromatic nitrogens is 3. The van der Waals surface area contributed by atoms with Crippen LogP contribution in [0.4, 0.5) is 14.5 Å². The summed E-state index contributed by atoms with van der Waals surface area (Å²) in [6.45, 7) is 6.19. The topological polar surface area (TPSA) is 104 Å². The van der Waals surface area contributed by atoms with E-state index in [1.54, 1.807) is 25.1 Å². The van der Waals surface area contributed by atoms with Gasteiger partial charge < -0.3 is 14.6 Å². The van der Waals surface area contributed by atoms with Crippen molar-refractivity contribution in [2.75, 3.05) is 19.0 Å². The molecule has 0 bridgehead atoms. The molecule has 8 nitrogen and oxygen atoms in total. The number of nitriles is 1. The fourth-order valence-electron chi connectivity index (χ4n) is 3.48. The fourth-order valence-corrected chi connectivity index (χ4v) is 3.70. The predicted molar refractivity (Wildman–Crippen MR) is 133 cm³/mol. The first-order valence-corrected chi connectivity index (χ1v) is 11.2. The summed E-state index contributed by atoms with van der Waals surface area (Å²) >= 11 is 6.01. The summed E-state index contributed by atoms with van der Waals surface area (Å²) < 4.78 is 36.7. The number of anilines is 1. The minimum Gasteiger partial charge on any atom is -0.449 e. The lowest BCUT2D eigenvalue weighted by Gasteiger charge is -2.20. The Labute approximate surface area is 211 Å². The van der Waals surface area contributed by atoms with E-state index in [1.165, 1.54) is 18.2 Å². The summed E-state index contributed by atoms with van der Waals surface area (Å²) in [6.07, 6.45) is 1.47. The highest BCUT2D eigenvalue weighted by atomic mass is 35.5. The standard InChI is InChI=1S/C25H24ClF2N5O3/c1-6-19-16(9-20(32(4)5)23(34)31-19)12-33-13-30-22(25(27,28)14(2)3)21(24(33)35)36-18-8-15(11-29)7-17(26)10-18/h7-10,13H,2,6,12H2,1,3-5H3,(H,31,34). The van der Waals surface area contributed by atoms with Crippen LogP contribution in [0.5, 0.6) is 11.5 Å². The first-order chi connectivity index (χ1) is 16.9. The molecule has 2 aromatic heterocycles. The lowest BCUT2D eigenvalue weighted by molar-refractivity contribution is 0.0309. The molecule has 0 fully saturated rings. The Bertz CT molecular complexity index is 1490. The van der Waals surface area contributed by atoms with Gasteiger partial charge in [-0.3, -0.25) is 14.2 Å². The summed E-state index contributed by atoms with van der Waals surface area (Å²) in [7, 11) is 3.41. The van der Waals surface area contributed by atoms with Crippen molar-refractivity contribution in [2.24, 2.45) is 0 Å². The molecule has 1 N–H and O–H groups in total. The third-order valence-corrected chi connectivity index (χ3v) is 5.64. The molecule has 3 rings (SSSR count). The molecular weight excluding hydrogens is 492 g/mol. The van der Waals surface area contributed by atoms with Crippen LogP contribution < -0.4 is 20.8 Å². The van der Waals surface area contributed by atoms with E-state index >= 15 is 0 Å². The second kappa shape index (κ2) is 10.3. The molecule has 2 heterocycles. The molecular formula is C25H24ClF2N5O3. The van der Waals surface area contributed by atoms with Crippen molar-refractivity contribution < 1.29 is 13.5 Å². The van der Waals surface area contributed by atoms with Gasteiger partial charge in [0.2, 0.25) is 5.75 Å². The second-order valence-electron chi connectivity index (χ2n) is 8.34. The number of rotatable bonds is 8. The van der Waals surface area contributed by atoms with Crippen molar-refractivity contribution in [3.8, 4) is 17.6 Å². The molecule has 0 radical (unpaired) electrons. The van der Waals surface area contributed by atoms with Crippen molar-refractivity contribution in [1.82, 2.24) is 14.5 Å². The van der Waals surface area contributed by atoms with Crippen LogP contribution in [0.25, 0.3) is 0 Å². The fraction of sp³-hybridized carbons (Fsp3) is 0.280. The van der Waals surface area contributed by atoms with Gasteiger partial charge in [-0.15, -0.1) is 0 Å². The molecule has 0 amide bonds. The number of ether oxygens (including phenoxy) is 1. The number of aromatic amines is 1. The number of nitrogens with zero attached hydrogens (tertiary/aromatic N) is 4. The number of allylic oxidation sites excluding steroid dienone is 1. The average molecular weight is 516 g/mol. The highest BCUT2D eigenvalue weighted by Crippen LogP contribution is 2.38. The van der Waals surface area contributed by atoms with E-state index in [1.807, 2.05) is 13.0 Å². The maximum Gasteiger partial charge on any atom is 0.314 e. The summed E-state index contributed by atoms with van der Waals surface area (Å²) in [5.74, 6) is -4.48. The molecule has 188 valence electrons. The highest BCUT2D eigenvalue weighted by molar-refractivity contribution is 6.30. The van der Waals surface area contributed by atoms with E-state index in [2.05, 4.69) is 16.5 Å². The van der Waals surface area contributed by atoms with E-state index < -0.39 is 28.5 Å². The Kier molecular flexibility index (Phi) is 7.65. The van der Waals surface area contributed by atoms with Crippen LogP contribution in [0.3, 0.4) is 0 Å². The zero-order valence-corrected chi connectivity index (χ0v) is 20.9. The van der Waals surface area contributed by atoms with Crippen molar-refractivity contribution in [1.29, 1.82) is 5.26 Å². The predicted octanol–water partition coefficient (Wildman–Crippen LogP) is 4.59. The molecule has 1 aromatic carbocycles. The van der Waals surface area contributed by atoms with Crippen molar-refractivity contribution in [3.05, 3.63) is 91.0 Å². The number of hydrogen-bond acceptors (Lipinski definition) is 6. The van der Waals surface area contributed by atoms with Gasteiger partial charge in [0.25, 0.3) is 11.1 Å². The van der Waals surface area contributed by atoms with Crippen LogP contribution >= 0.6 is 11.6 Å². The smallest absolute Gasteiger partial charge is 0.314 e. The van der Waals surface area contributed by atoms with Crippen molar-refractivity contribution in [3.63, 3.8) is 0 Å². The zero-order chi connectivity index (χ0) is 26.8. The molecule has 3 aromatic rings. The normalized spacial score (nSPS) is 11.2. The molecule has 0 aliphatic carbocycles. The minimum atomic E-state index is -3.67. The Morgan fingerprint density at radius 2 is 2.00 bits per heavy atom. The molecule has 0 saturated heterocycles. The summed E-state index contributed by atoms with van der Waals surface area (Å²) in [5.41, 5.74) is -0.958. The quantitative estimate of drug-likeness (QED) is 0.440. The molecule has 0 aliphatic rings. The van der Waals surface area contributed by atoms with E-state index in [0.717, 1.165) is 17.8 Å². The van der Waals surface area contributed by atoms with Crippen LogP contribution in [-0.4, -0.2) is 28.6 Å². The molecule has 0 spiro atoms.